The second kappa shape index (κ2) is 5.56. The lowest BCUT2D eigenvalue weighted by atomic mass is 9.93. The molecule has 1 saturated heterocycles. The van der Waals surface area contributed by atoms with Crippen LogP contribution in [0.4, 0.5) is 0 Å². The van der Waals surface area contributed by atoms with Crippen LogP contribution in [0.2, 0.25) is 0 Å². The molecule has 0 radical (unpaired) electrons. The fraction of sp³-hybridized carbons (Fsp3) is 0.692. The van der Waals surface area contributed by atoms with Crippen molar-refractivity contribution in [3.05, 3.63) is 23.8 Å². The van der Waals surface area contributed by atoms with Crippen LogP contribution >= 0.6 is 0 Å². The summed E-state index contributed by atoms with van der Waals surface area (Å²) in [5.41, 5.74) is 6.98. The van der Waals surface area contributed by atoms with Crippen molar-refractivity contribution in [2.45, 2.75) is 38.1 Å². The highest BCUT2D eigenvalue weighted by atomic mass is 15.1. The third-order valence-corrected chi connectivity index (χ3v) is 3.37. The molecule has 4 nitrogen and oxygen atoms in total. The van der Waals surface area contributed by atoms with Crippen LogP contribution in [-0.4, -0.2) is 41.0 Å². The van der Waals surface area contributed by atoms with Gasteiger partial charge in [-0.3, -0.25) is 0 Å². The topological polar surface area (TPSA) is 55.0 Å². The third kappa shape index (κ3) is 3.48. The van der Waals surface area contributed by atoms with Gasteiger partial charge in [0.25, 0.3) is 0 Å². The molecule has 1 aliphatic rings. The smallest absolute Gasteiger partial charge is 0.130 e. The minimum absolute atomic E-state index is 0.128. The summed E-state index contributed by atoms with van der Waals surface area (Å²) in [5.74, 6) is 1.48. The normalized spacial score (nSPS) is 20.4. The Morgan fingerprint density at radius 2 is 2.18 bits per heavy atom. The van der Waals surface area contributed by atoms with E-state index in [1.807, 2.05) is 13.1 Å². The molecule has 1 fully saturated rings. The maximum atomic E-state index is 5.78. The number of hydrogen-bond donors (Lipinski definition) is 1. The molecule has 2 rings (SSSR count). The first-order valence-electron chi connectivity index (χ1n) is 6.41. The molecule has 17 heavy (non-hydrogen) atoms. The van der Waals surface area contributed by atoms with E-state index in [2.05, 4.69) is 28.0 Å². The fourth-order valence-electron chi connectivity index (χ4n) is 2.33. The summed E-state index contributed by atoms with van der Waals surface area (Å²) in [6.07, 6.45) is 5.04. The Morgan fingerprint density at radius 1 is 1.47 bits per heavy atom. The average molecular weight is 234 g/mol. The van der Waals surface area contributed by atoms with Crippen molar-refractivity contribution in [3.8, 4) is 0 Å². The summed E-state index contributed by atoms with van der Waals surface area (Å²) >= 11 is 0. The molecular weight excluding hydrogens is 212 g/mol. The van der Waals surface area contributed by atoms with Crippen molar-refractivity contribution in [2.75, 3.05) is 20.1 Å². The summed E-state index contributed by atoms with van der Waals surface area (Å²) in [6.45, 7) is 4.32. The molecule has 0 spiro atoms. The van der Waals surface area contributed by atoms with E-state index in [0.29, 0.717) is 5.92 Å². The number of hydrogen-bond acceptors (Lipinski definition) is 4. The lowest BCUT2D eigenvalue weighted by molar-refractivity contribution is 0.253. The van der Waals surface area contributed by atoms with Crippen LogP contribution in [0.15, 0.2) is 12.3 Å². The van der Waals surface area contributed by atoms with Gasteiger partial charge >= 0.3 is 0 Å². The van der Waals surface area contributed by atoms with Gasteiger partial charge < -0.3 is 10.6 Å². The molecule has 2 N–H and O–H groups in total. The number of piperidine rings is 1. The molecule has 0 aromatic carbocycles. The minimum Gasteiger partial charge on any atom is -0.328 e. The van der Waals surface area contributed by atoms with E-state index in [4.69, 9.17) is 5.73 Å². The van der Waals surface area contributed by atoms with Gasteiger partial charge in [0, 0.05) is 30.3 Å². The van der Waals surface area contributed by atoms with Crippen molar-refractivity contribution in [1.29, 1.82) is 0 Å². The van der Waals surface area contributed by atoms with E-state index in [1.54, 1.807) is 0 Å². The third-order valence-electron chi connectivity index (χ3n) is 3.37. The van der Waals surface area contributed by atoms with Crippen molar-refractivity contribution >= 4 is 0 Å². The first-order valence-corrected chi connectivity index (χ1v) is 6.41. The Balaban J connectivity index is 2.05. The van der Waals surface area contributed by atoms with Crippen molar-refractivity contribution in [3.63, 3.8) is 0 Å². The second-order valence-corrected chi connectivity index (χ2v) is 5.16. The average Bonchev–Trinajstić information content (AvgIpc) is 2.29. The monoisotopic (exact) mass is 234 g/mol. The SMILES string of the molecule is CC(N)Cc1nccc(C2CCN(C)CC2)n1. The van der Waals surface area contributed by atoms with E-state index < -0.39 is 0 Å². The maximum absolute atomic E-state index is 5.78. The van der Waals surface area contributed by atoms with Gasteiger partial charge in [-0.2, -0.15) is 0 Å². The van der Waals surface area contributed by atoms with Gasteiger partial charge in [-0.1, -0.05) is 0 Å². The van der Waals surface area contributed by atoms with Gasteiger partial charge in [-0.25, -0.2) is 9.97 Å². The van der Waals surface area contributed by atoms with Gasteiger partial charge in [0.15, 0.2) is 0 Å². The van der Waals surface area contributed by atoms with Gasteiger partial charge in [-0.15, -0.1) is 0 Å². The van der Waals surface area contributed by atoms with E-state index in [0.717, 1.165) is 25.3 Å². The van der Waals surface area contributed by atoms with E-state index in [9.17, 15) is 0 Å². The summed E-state index contributed by atoms with van der Waals surface area (Å²) in [7, 11) is 2.18. The predicted octanol–water partition coefficient (Wildman–Crippen LogP) is 1.18. The standard InChI is InChI=1S/C13H22N4/c1-10(14)9-13-15-6-3-12(16-13)11-4-7-17(2)8-5-11/h3,6,10-11H,4-5,7-9,14H2,1-2H3. The zero-order valence-corrected chi connectivity index (χ0v) is 10.8. The van der Waals surface area contributed by atoms with E-state index in [-0.39, 0.29) is 6.04 Å². The van der Waals surface area contributed by atoms with Crippen LogP contribution in [0.3, 0.4) is 0 Å². The molecule has 1 aliphatic heterocycles. The molecule has 0 amide bonds. The Hall–Kier alpha value is -1.00. The highest BCUT2D eigenvalue weighted by Gasteiger charge is 2.19. The molecule has 4 heteroatoms. The lowest BCUT2D eigenvalue weighted by Crippen LogP contribution is -2.29. The van der Waals surface area contributed by atoms with Gasteiger partial charge in [0.05, 0.1) is 0 Å². The first-order chi connectivity index (χ1) is 8.15. The predicted molar refractivity (Wildman–Crippen MR) is 68.9 cm³/mol. The fourth-order valence-corrected chi connectivity index (χ4v) is 2.33. The van der Waals surface area contributed by atoms with Crippen LogP contribution in [0.25, 0.3) is 0 Å². The van der Waals surface area contributed by atoms with Crippen LogP contribution in [0.5, 0.6) is 0 Å². The summed E-state index contributed by atoms with van der Waals surface area (Å²) in [5, 5.41) is 0. The van der Waals surface area contributed by atoms with E-state index >= 15 is 0 Å². The van der Waals surface area contributed by atoms with Crippen molar-refractivity contribution < 1.29 is 0 Å². The molecule has 1 atom stereocenters. The Morgan fingerprint density at radius 3 is 2.82 bits per heavy atom. The van der Waals surface area contributed by atoms with Gasteiger partial charge in [0.1, 0.15) is 5.82 Å². The molecule has 1 unspecified atom stereocenters. The highest BCUT2D eigenvalue weighted by molar-refractivity contribution is 5.10. The van der Waals surface area contributed by atoms with Crippen molar-refractivity contribution in [2.24, 2.45) is 5.73 Å². The molecule has 2 heterocycles. The number of nitrogens with zero attached hydrogens (tertiary/aromatic N) is 3. The van der Waals surface area contributed by atoms with E-state index in [1.165, 1.54) is 18.5 Å². The van der Waals surface area contributed by atoms with Crippen LogP contribution in [0.1, 0.15) is 37.2 Å². The summed E-state index contributed by atoms with van der Waals surface area (Å²) < 4.78 is 0. The number of likely N-dealkylation sites (tertiary alicyclic amines) is 1. The van der Waals surface area contributed by atoms with Crippen LogP contribution in [-0.2, 0) is 6.42 Å². The zero-order valence-electron chi connectivity index (χ0n) is 10.8. The quantitative estimate of drug-likeness (QED) is 0.853. The maximum Gasteiger partial charge on any atom is 0.130 e. The van der Waals surface area contributed by atoms with Gasteiger partial charge in [0.2, 0.25) is 0 Å². The minimum atomic E-state index is 0.128. The Labute approximate surface area is 103 Å². The number of aromatic nitrogens is 2. The Kier molecular flexibility index (Phi) is 4.07. The second-order valence-electron chi connectivity index (χ2n) is 5.16. The summed E-state index contributed by atoms with van der Waals surface area (Å²) in [4.78, 5) is 11.3. The molecule has 1 aromatic rings. The highest BCUT2D eigenvalue weighted by Crippen LogP contribution is 2.25. The molecule has 1 aromatic heterocycles. The zero-order chi connectivity index (χ0) is 12.3. The van der Waals surface area contributed by atoms with Crippen LogP contribution in [0, 0.1) is 0 Å². The lowest BCUT2D eigenvalue weighted by Gasteiger charge is -2.28. The largest absolute Gasteiger partial charge is 0.328 e. The summed E-state index contributed by atoms with van der Waals surface area (Å²) in [6, 6.07) is 2.18. The molecule has 94 valence electrons. The molecule has 0 bridgehead atoms. The Bertz CT molecular complexity index is 356. The molecule has 0 saturated carbocycles. The number of nitrogens with two attached hydrogens (primary N) is 1. The van der Waals surface area contributed by atoms with Gasteiger partial charge in [-0.05, 0) is 46.0 Å². The first kappa shape index (κ1) is 12.5. The van der Waals surface area contributed by atoms with Crippen molar-refractivity contribution in [1.82, 2.24) is 14.9 Å². The molecule has 0 aliphatic carbocycles. The van der Waals surface area contributed by atoms with Crippen LogP contribution < -0.4 is 5.73 Å². The number of rotatable bonds is 3. The molecular formula is C13H22N4.